The highest BCUT2D eigenvalue weighted by Gasteiger charge is 2.21. The van der Waals surface area contributed by atoms with Crippen molar-refractivity contribution in [3.63, 3.8) is 0 Å². The molecular formula is C15H22N4O6. The molecule has 0 aromatic heterocycles. The van der Waals surface area contributed by atoms with Crippen LogP contribution in [0.5, 0.6) is 0 Å². The third-order valence-electron chi connectivity index (χ3n) is 2.77. The van der Waals surface area contributed by atoms with E-state index in [2.05, 4.69) is 15.0 Å². The van der Waals surface area contributed by atoms with Crippen LogP contribution in [0.25, 0.3) is 0 Å². The highest BCUT2D eigenvalue weighted by atomic mass is 16.6. The number of aliphatic imine (C=N–C) groups is 1. The van der Waals surface area contributed by atoms with E-state index in [1.165, 1.54) is 7.11 Å². The number of esters is 1. The van der Waals surface area contributed by atoms with E-state index in [1.807, 2.05) is 6.07 Å². The zero-order chi connectivity index (χ0) is 19.2. The number of amides is 1. The smallest absolute Gasteiger partial charge is 0.467 e. The second-order valence-electron chi connectivity index (χ2n) is 4.65. The Kier molecular flexibility index (Phi) is 10.6. The number of carboxylic acid groups (broad SMARTS) is 2. The van der Waals surface area contributed by atoms with E-state index in [0.29, 0.717) is 24.9 Å². The lowest BCUT2D eigenvalue weighted by molar-refractivity contribution is -0.143. The first-order valence-electron chi connectivity index (χ1n) is 7.19. The number of hydrogen-bond donors (Lipinski definition) is 5. The summed E-state index contributed by atoms with van der Waals surface area (Å²) in [6.45, 7) is 0.386. The quantitative estimate of drug-likeness (QED) is 0.200. The molecule has 0 aliphatic carbocycles. The van der Waals surface area contributed by atoms with Crippen molar-refractivity contribution in [1.82, 2.24) is 5.32 Å². The summed E-state index contributed by atoms with van der Waals surface area (Å²) in [6.07, 6.45) is -0.894. The molecular weight excluding hydrogens is 332 g/mol. The average molecular weight is 354 g/mol. The van der Waals surface area contributed by atoms with Gasteiger partial charge in [0.2, 0.25) is 0 Å². The van der Waals surface area contributed by atoms with Crippen LogP contribution in [-0.2, 0) is 9.53 Å². The van der Waals surface area contributed by atoms with Gasteiger partial charge in [0.25, 0.3) is 5.91 Å². The van der Waals surface area contributed by atoms with Crippen molar-refractivity contribution in [3.8, 4) is 0 Å². The fourth-order valence-electron chi connectivity index (χ4n) is 1.73. The number of methoxy groups -OCH3 is 1. The second-order valence-corrected chi connectivity index (χ2v) is 4.65. The van der Waals surface area contributed by atoms with Crippen molar-refractivity contribution in [3.05, 3.63) is 35.9 Å². The maximum atomic E-state index is 12.0. The molecule has 10 nitrogen and oxygen atoms in total. The molecule has 10 heteroatoms. The van der Waals surface area contributed by atoms with Gasteiger partial charge in [-0.25, -0.2) is 9.59 Å². The van der Waals surface area contributed by atoms with Crippen LogP contribution in [0.2, 0.25) is 0 Å². The van der Waals surface area contributed by atoms with Crippen LogP contribution < -0.4 is 16.8 Å². The summed E-state index contributed by atoms with van der Waals surface area (Å²) >= 11 is 0. The largest absolute Gasteiger partial charge is 0.503 e. The number of nitrogens with one attached hydrogen (secondary N) is 1. The molecule has 1 atom stereocenters. The standard InChI is InChI=1S/C14H20N4O3.CH2O3/c1-21-13(20)11(8-5-9-17-14(15)16)18-12(19)10-6-3-2-4-7-10;2-1(3)4/h2-4,6-7,11H,5,8-9H2,1H3,(H,18,19)(H4,15,16,17);(H2,2,3,4). The second kappa shape index (κ2) is 12.2. The lowest BCUT2D eigenvalue weighted by Gasteiger charge is -2.16. The molecule has 1 aromatic carbocycles. The summed E-state index contributed by atoms with van der Waals surface area (Å²) in [5, 5.41) is 16.6. The molecule has 0 saturated carbocycles. The van der Waals surface area contributed by atoms with Crippen LogP contribution in [0.3, 0.4) is 0 Å². The first-order chi connectivity index (χ1) is 11.8. The summed E-state index contributed by atoms with van der Waals surface area (Å²) in [4.78, 5) is 36.1. The van der Waals surface area contributed by atoms with Gasteiger partial charge in [-0.15, -0.1) is 0 Å². The summed E-state index contributed by atoms with van der Waals surface area (Å²) < 4.78 is 4.69. The van der Waals surface area contributed by atoms with E-state index in [4.69, 9.17) is 26.5 Å². The minimum absolute atomic E-state index is 0.00191. The number of benzene rings is 1. The van der Waals surface area contributed by atoms with E-state index in [9.17, 15) is 9.59 Å². The van der Waals surface area contributed by atoms with Gasteiger partial charge in [-0.1, -0.05) is 18.2 Å². The van der Waals surface area contributed by atoms with Crippen molar-refractivity contribution < 1.29 is 29.3 Å². The van der Waals surface area contributed by atoms with Crippen LogP contribution in [0.1, 0.15) is 23.2 Å². The fraction of sp³-hybridized carbons (Fsp3) is 0.333. The fourth-order valence-corrected chi connectivity index (χ4v) is 1.73. The van der Waals surface area contributed by atoms with Gasteiger partial charge in [-0.3, -0.25) is 9.79 Å². The molecule has 7 N–H and O–H groups in total. The molecule has 0 spiro atoms. The number of guanidine groups is 1. The van der Waals surface area contributed by atoms with Gasteiger partial charge in [-0.05, 0) is 25.0 Å². The predicted octanol–water partition coefficient (Wildman–Crippen LogP) is 0.234. The summed E-state index contributed by atoms with van der Waals surface area (Å²) in [7, 11) is 1.28. The minimum Gasteiger partial charge on any atom is -0.467 e. The van der Waals surface area contributed by atoms with Gasteiger partial charge in [0.1, 0.15) is 6.04 Å². The Morgan fingerprint density at radius 2 is 1.76 bits per heavy atom. The van der Waals surface area contributed by atoms with Gasteiger partial charge < -0.3 is 31.7 Å². The Morgan fingerprint density at radius 1 is 1.20 bits per heavy atom. The van der Waals surface area contributed by atoms with Crippen molar-refractivity contribution in [2.24, 2.45) is 16.5 Å². The Labute approximate surface area is 144 Å². The normalized spacial score (nSPS) is 10.4. The van der Waals surface area contributed by atoms with E-state index in [1.54, 1.807) is 24.3 Å². The van der Waals surface area contributed by atoms with Crippen molar-refractivity contribution in [1.29, 1.82) is 0 Å². The number of ether oxygens (including phenoxy) is 1. The van der Waals surface area contributed by atoms with Crippen LogP contribution in [0, 0.1) is 0 Å². The number of carbonyl (C=O) groups is 3. The number of nitrogens with zero attached hydrogens (tertiary/aromatic N) is 1. The third kappa shape index (κ3) is 11.0. The zero-order valence-corrected chi connectivity index (χ0v) is 13.7. The molecule has 0 bridgehead atoms. The molecule has 1 rings (SSSR count). The van der Waals surface area contributed by atoms with Gasteiger partial charge in [-0.2, -0.15) is 0 Å². The number of hydrogen-bond acceptors (Lipinski definition) is 5. The van der Waals surface area contributed by atoms with Crippen molar-refractivity contribution in [2.75, 3.05) is 13.7 Å². The van der Waals surface area contributed by atoms with Gasteiger partial charge >= 0.3 is 12.1 Å². The monoisotopic (exact) mass is 354 g/mol. The van der Waals surface area contributed by atoms with Crippen molar-refractivity contribution in [2.45, 2.75) is 18.9 Å². The van der Waals surface area contributed by atoms with E-state index < -0.39 is 18.2 Å². The highest BCUT2D eigenvalue weighted by molar-refractivity contribution is 5.96. The lowest BCUT2D eigenvalue weighted by Crippen LogP contribution is -2.41. The molecule has 25 heavy (non-hydrogen) atoms. The Hall–Kier alpha value is -3.30. The molecule has 0 fully saturated rings. The highest BCUT2D eigenvalue weighted by Crippen LogP contribution is 2.04. The Bertz CT molecular complexity index is 583. The zero-order valence-electron chi connectivity index (χ0n) is 13.7. The third-order valence-corrected chi connectivity index (χ3v) is 2.77. The number of carbonyl (C=O) groups excluding carboxylic acids is 2. The first kappa shape index (κ1) is 21.7. The topological polar surface area (TPSA) is 177 Å². The predicted molar refractivity (Wildman–Crippen MR) is 90.3 cm³/mol. The molecule has 1 aromatic rings. The minimum atomic E-state index is -1.83. The van der Waals surface area contributed by atoms with Crippen LogP contribution in [-0.4, -0.2) is 53.9 Å². The van der Waals surface area contributed by atoms with E-state index >= 15 is 0 Å². The molecule has 0 aliphatic heterocycles. The molecule has 1 unspecified atom stereocenters. The van der Waals surface area contributed by atoms with Gasteiger partial charge in [0.05, 0.1) is 7.11 Å². The SMILES string of the molecule is COC(=O)C(CCCN=C(N)N)NC(=O)c1ccccc1.O=C(O)O. The van der Waals surface area contributed by atoms with E-state index in [0.717, 1.165) is 0 Å². The molecule has 0 saturated heterocycles. The van der Waals surface area contributed by atoms with Crippen LogP contribution >= 0.6 is 0 Å². The van der Waals surface area contributed by atoms with Gasteiger partial charge in [0.15, 0.2) is 5.96 Å². The van der Waals surface area contributed by atoms with Gasteiger partial charge in [0, 0.05) is 12.1 Å². The Balaban J connectivity index is 0.00000129. The molecule has 138 valence electrons. The maximum absolute atomic E-state index is 12.0. The number of nitrogens with two attached hydrogens (primary N) is 2. The molecule has 0 radical (unpaired) electrons. The number of rotatable bonds is 7. The lowest BCUT2D eigenvalue weighted by atomic mass is 10.1. The van der Waals surface area contributed by atoms with E-state index in [-0.39, 0.29) is 11.9 Å². The summed E-state index contributed by atoms with van der Waals surface area (Å²) in [5.41, 5.74) is 10.9. The van der Waals surface area contributed by atoms with Crippen LogP contribution in [0.15, 0.2) is 35.3 Å². The molecule has 1 amide bonds. The van der Waals surface area contributed by atoms with Crippen LogP contribution in [0.4, 0.5) is 4.79 Å². The maximum Gasteiger partial charge on any atom is 0.503 e. The molecule has 0 aliphatic rings. The summed E-state index contributed by atoms with van der Waals surface area (Å²) in [5.74, 6) is -0.824. The average Bonchev–Trinajstić information content (AvgIpc) is 2.56. The Morgan fingerprint density at radius 3 is 2.24 bits per heavy atom. The molecule has 0 heterocycles. The van der Waals surface area contributed by atoms with Crippen molar-refractivity contribution >= 4 is 24.0 Å². The first-order valence-corrected chi connectivity index (χ1v) is 7.19. The summed E-state index contributed by atoms with van der Waals surface area (Å²) in [6, 6.07) is 7.93.